The standard InChI is InChI=1S/C10H8N4S/c1-7-3-2-4-8(5-11)9(7)15-10-12-6-13-14-10/h2-4,6H,1H3,(H,12,13,14). The molecule has 1 heterocycles. The van der Waals surface area contributed by atoms with E-state index in [4.69, 9.17) is 5.26 Å². The molecule has 4 nitrogen and oxygen atoms in total. The fourth-order valence-electron chi connectivity index (χ4n) is 1.22. The van der Waals surface area contributed by atoms with Crippen LogP contribution in [-0.4, -0.2) is 15.2 Å². The van der Waals surface area contributed by atoms with Crippen molar-refractivity contribution < 1.29 is 0 Å². The van der Waals surface area contributed by atoms with E-state index in [1.54, 1.807) is 6.07 Å². The molecule has 0 radical (unpaired) electrons. The Kier molecular flexibility index (Phi) is 2.70. The third kappa shape index (κ3) is 2.00. The molecule has 5 heteroatoms. The first-order valence-electron chi connectivity index (χ1n) is 4.34. The van der Waals surface area contributed by atoms with Crippen LogP contribution in [0.1, 0.15) is 11.1 Å². The van der Waals surface area contributed by atoms with Crippen LogP contribution in [0.4, 0.5) is 0 Å². The average molecular weight is 216 g/mol. The molecule has 0 spiro atoms. The van der Waals surface area contributed by atoms with Gasteiger partial charge in [0.1, 0.15) is 12.4 Å². The summed E-state index contributed by atoms with van der Waals surface area (Å²) in [4.78, 5) is 4.94. The zero-order valence-corrected chi connectivity index (χ0v) is 8.88. The number of hydrogen-bond acceptors (Lipinski definition) is 4. The Morgan fingerprint density at radius 3 is 3.00 bits per heavy atom. The quantitative estimate of drug-likeness (QED) is 0.835. The van der Waals surface area contributed by atoms with Gasteiger partial charge in [0, 0.05) is 4.90 Å². The molecule has 1 aromatic heterocycles. The second-order valence-corrected chi connectivity index (χ2v) is 3.96. The second-order valence-electron chi connectivity index (χ2n) is 2.96. The molecule has 0 aliphatic carbocycles. The lowest BCUT2D eigenvalue weighted by Crippen LogP contribution is -1.86. The number of hydrogen-bond donors (Lipinski definition) is 1. The van der Waals surface area contributed by atoms with Crippen LogP contribution in [0.3, 0.4) is 0 Å². The fourth-order valence-corrected chi connectivity index (χ4v) is 2.06. The van der Waals surface area contributed by atoms with Crippen molar-refractivity contribution in [2.75, 3.05) is 0 Å². The Balaban J connectivity index is 2.40. The average Bonchev–Trinajstić information content (AvgIpc) is 2.74. The Morgan fingerprint density at radius 2 is 2.33 bits per heavy atom. The van der Waals surface area contributed by atoms with Crippen LogP contribution >= 0.6 is 11.8 Å². The number of nitriles is 1. The van der Waals surface area contributed by atoms with E-state index in [-0.39, 0.29) is 0 Å². The summed E-state index contributed by atoms with van der Waals surface area (Å²) in [5.41, 5.74) is 1.73. The van der Waals surface area contributed by atoms with Gasteiger partial charge in [-0.2, -0.15) is 10.4 Å². The lowest BCUT2D eigenvalue weighted by molar-refractivity contribution is 0.972. The van der Waals surface area contributed by atoms with Crippen LogP contribution in [0, 0.1) is 18.3 Å². The molecule has 2 rings (SSSR count). The van der Waals surface area contributed by atoms with Crippen LogP contribution < -0.4 is 0 Å². The van der Waals surface area contributed by atoms with E-state index < -0.39 is 0 Å². The van der Waals surface area contributed by atoms with Crippen molar-refractivity contribution in [2.24, 2.45) is 0 Å². The Hall–Kier alpha value is -1.80. The highest BCUT2D eigenvalue weighted by molar-refractivity contribution is 7.99. The largest absolute Gasteiger partial charge is 0.254 e. The number of aromatic amines is 1. The summed E-state index contributed by atoms with van der Waals surface area (Å²) < 4.78 is 0. The van der Waals surface area contributed by atoms with E-state index in [9.17, 15) is 0 Å². The molecule has 1 N–H and O–H groups in total. The highest BCUT2D eigenvalue weighted by Gasteiger charge is 2.08. The van der Waals surface area contributed by atoms with Crippen LogP contribution in [-0.2, 0) is 0 Å². The zero-order chi connectivity index (χ0) is 10.7. The minimum atomic E-state index is 0.663. The molecule has 74 valence electrons. The summed E-state index contributed by atoms with van der Waals surface area (Å²) in [6.45, 7) is 1.97. The topological polar surface area (TPSA) is 65.4 Å². The smallest absolute Gasteiger partial charge is 0.188 e. The lowest BCUT2D eigenvalue weighted by atomic mass is 10.1. The third-order valence-electron chi connectivity index (χ3n) is 1.92. The summed E-state index contributed by atoms with van der Waals surface area (Å²) in [7, 11) is 0. The van der Waals surface area contributed by atoms with E-state index >= 15 is 0 Å². The first kappa shape index (κ1) is 9.74. The van der Waals surface area contributed by atoms with Crippen LogP contribution in [0.5, 0.6) is 0 Å². The van der Waals surface area contributed by atoms with E-state index in [0.29, 0.717) is 10.7 Å². The number of benzene rings is 1. The highest BCUT2D eigenvalue weighted by atomic mass is 32.2. The summed E-state index contributed by atoms with van der Waals surface area (Å²) in [6.07, 6.45) is 1.45. The van der Waals surface area contributed by atoms with E-state index in [0.717, 1.165) is 10.5 Å². The van der Waals surface area contributed by atoms with Crippen molar-refractivity contribution in [3.05, 3.63) is 35.7 Å². The van der Waals surface area contributed by atoms with E-state index in [2.05, 4.69) is 21.3 Å². The Morgan fingerprint density at radius 1 is 1.47 bits per heavy atom. The van der Waals surface area contributed by atoms with Crippen LogP contribution in [0.25, 0.3) is 0 Å². The Bertz CT molecular complexity index is 499. The van der Waals surface area contributed by atoms with Gasteiger partial charge < -0.3 is 0 Å². The summed E-state index contributed by atoms with van der Waals surface area (Å²) in [6, 6.07) is 7.81. The van der Waals surface area contributed by atoms with Crippen molar-refractivity contribution in [3.8, 4) is 6.07 Å². The van der Waals surface area contributed by atoms with Gasteiger partial charge in [-0.15, -0.1) is 0 Å². The number of aromatic nitrogens is 3. The van der Waals surface area contributed by atoms with Crippen LogP contribution in [0.15, 0.2) is 34.6 Å². The van der Waals surface area contributed by atoms with Crippen molar-refractivity contribution in [2.45, 2.75) is 17.0 Å². The van der Waals surface area contributed by atoms with Crippen LogP contribution in [0.2, 0.25) is 0 Å². The van der Waals surface area contributed by atoms with Crippen molar-refractivity contribution in [1.82, 2.24) is 15.2 Å². The van der Waals surface area contributed by atoms with Gasteiger partial charge in [-0.3, -0.25) is 5.10 Å². The number of aryl methyl sites for hydroxylation is 1. The minimum absolute atomic E-state index is 0.663. The first-order valence-corrected chi connectivity index (χ1v) is 5.16. The molecule has 0 aliphatic rings. The van der Waals surface area contributed by atoms with Gasteiger partial charge in [0.25, 0.3) is 0 Å². The van der Waals surface area contributed by atoms with Crippen molar-refractivity contribution in [3.63, 3.8) is 0 Å². The summed E-state index contributed by atoms with van der Waals surface area (Å²) >= 11 is 1.42. The van der Waals surface area contributed by atoms with Gasteiger partial charge in [-0.25, -0.2) is 4.98 Å². The molecule has 0 unspecified atom stereocenters. The molecular formula is C10H8N4S. The SMILES string of the molecule is Cc1cccc(C#N)c1Sc1ncn[nH]1. The minimum Gasteiger partial charge on any atom is -0.254 e. The van der Waals surface area contributed by atoms with Gasteiger partial charge in [-0.05, 0) is 30.3 Å². The maximum absolute atomic E-state index is 8.96. The normalized spacial score (nSPS) is 9.87. The fraction of sp³-hybridized carbons (Fsp3) is 0.100. The maximum Gasteiger partial charge on any atom is 0.188 e. The number of rotatable bonds is 2. The van der Waals surface area contributed by atoms with Crippen molar-refractivity contribution in [1.29, 1.82) is 5.26 Å². The van der Waals surface area contributed by atoms with E-state index in [1.807, 2.05) is 19.1 Å². The molecule has 0 aliphatic heterocycles. The monoisotopic (exact) mass is 216 g/mol. The third-order valence-corrected chi connectivity index (χ3v) is 3.06. The molecule has 0 amide bonds. The Labute approximate surface area is 91.4 Å². The zero-order valence-electron chi connectivity index (χ0n) is 8.06. The molecule has 1 aromatic carbocycles. The van der Waals surface area contributed by atoms with Gasteiger partial charge in [0.2, 0.25) is 0 Å². The first-order chi connectivity index (χ1) is 7.31. The maximum atomic E-state index is 8.96. The van der Waals surface area contributed by atoms with Gasteiger partial charge >= 0.3 is 0 Å². The van der Waals surface area contributed by atoms with Gasteiger partial charge in [0.15, 0.2) is 5.16 Å². The lowest BCUT2D eigenvalue weighted by Gasteiger charge is -2.04. The molecule has 0 bridgehead atoms. The van der Waals surface area contributed by atoms with Crippen molar-refractivity contribution >= 4 is 11.8 Å². The molecule has 0 atom stereocenters. The molecule has 2 aromatic rings. The van der Waals surface area contributed by atoms with Gasteiger partial charge in [-0.1, -0.05) is 12.1 Å². The number of nitrogens with one attached hydrogen (secondary N) is 1. The molecule has 0 saturated heterocycles. The number of H-pyrrole nitrogens is 1. The predicted molar refractivity (Wildman–Crippen MR) is 56.4 cm³/mol. The van der Waals surface area contributed by atoms with E-state index in [1.165, 1.54) is 18.1 Å². The number of nitrogens with zero attached hydrogens (tertiary/aromatic N) is 3. The molecule has 0 saturated carbocycles. The molecule has 0 fully saturated rings. The molecule has 15 heavy (non-hydrogen) atoms. The summed E-state index contributed by atoms with van der Waals surface area (Å²) in [5.74, 6) is 0. The molecular weight excluding hydrogens is 208 g/mol. The predicted octanol–water partition coefficient (Wildman–Crippen LogP) is 2.14. The summed E-state index contributed by atoms with van der Waals surface area (Å²) in [5, 5.41) is 16.2. The second kappa shape index (κ2) is 4.15. The highest BCUT2D eigenvalue weighted by Crippen LogP contribution is 2.30. The van der Waals surface area contributed by atoms with Gasteiger partial charge in [0.05, 0.1) is 5.56 Å².